The van der Waals surface area contributed by atoms with E-state index in [0.29, 0.717) is 0 Å². The molecule has 0 atom stereocenters. The molecule has 2 aromatic rings. The lowest BCUT2D eigenvalue weighted by atomic mass is 9.77. The molecule has 0 heterocycles. The molecular formula is C34H44. The first-order chi connectivity index (χ1) is 16.8. The van der Waals surface area contributed by atoms with Crippen LogP contribution in [0.3, 0.4) is 0 Å². The fourth-order valence-corrected chi connectivity index (χ4v) is 5.07. The molecule has 0 saturated heterocycles. The van der Waals surface area contributed by atoms with E-state index in [1.54, 1.807) is 0 Å². The molecule has 180 valence electrons. The Hall–Kier alpha value is -2.44. The van der Waals surface area contributed by atoms with E-state index in [9.17, 15) is 0 Å². The Balaban J connectivity index is 1.44. The fraction of sp³-hybridized carbons (Fsp3) is 0.529. The highest BCUT2D eigenvalue weighted by Gasteiger charge is 2.21. The van der Waals surface area contributed by atoms with Crippen molar-refractivity contribution in [3.05, 3.63) is 70.8 Å². The van der Waals surface area contributed by atoms with Crippen LogP contribution in [0.25, 0.3) is 0 Å². The van der Waals surface area contributed by atoms with Crippen LogP contribution in [0.15, 0.2) is 48.5 Å². The smallest absolute Gasteiger partial charge is 0.0249 e. The topological polar surface area (TPSA) is 0 Å². The van der Waals surface area contributed by atoms with Crippen LogP contribution < -0.4 is 0 Å². The Kier molecular flexibility index (Phi) is 11.9. The van der Waals surface area contributed by atoms with Gasteiger partial charge < -0.3 is 0 Å². The van der Waals surface area contributed by atoms with Crippen molar-refractivity contribution in [2.24, 2.45) is 5.92 Å². The molecule has 2 aromatic carbocycles. The maximum Gasteiger partial charge on any atom is 0.0249 e. The second kappa shape index (κ2) is 15.5. The summed E-state index contributed by atoms with van der Waals surface area (Å²) in [7, 11) is 0. The van der Waals surface area contributed by atoms with Crippen molar-refractivity contribution in [3.63, 3.8) is 0 Å². The summed E-state index contributed by atoms with van der Waals surface area (Å²) < 4.78 is 0. The Labute approximate surface area is 210 Å². The lowest BCUT2D eigenvalue weighted by Gasteiger charge is -2.29. The average molecular weight is 453 g/mol. The van der Waals surface area contributed by atoms with Gasteiger partial charge in [-0.1, -0.05) is 101 Å². The average Bonchev–Trinajstić information content (AvgIpc) is 2.89. The summed E-state index contributed by atoms with van der Waals surface area (Å²) in [4.78, 5) is 0. The second-order valence-electron chi connectivity index (χ2n) is 10.1. The van der Waals surface area contributed by atoms with Crippen LogP contribution in [0.5, 0.6) is 0 Å². The third-order valence-corrected chi connectivity index (χ3v) is 7.32. The first-order valence-electron chi connectivity index (χ1n) is 14.0. The van der Waals surface area contributed by atoms with Gasteiger partial charge in [-0.25, -0.2) is 0 Å². The molecule has 0 spiro atoms. The Bertz CT molecular complexity index is 932. The summed E-state index contributed by atoms with van der Waals surface area (Å²) in [5.41, 5.74) is 4.74. The van der Waals surface area contributed by atoms with Crippen molar-refractivity contribution >= 4 is 0 Å². The lowest BCUT2D eigenvalue weighted by molar-refractivity contribution is 0.302. The third-order valence-electron chi connectivity index (χ3n) is 7.32. The van der Waals surface area contributed by atoms with Gasteiger partial charge in [-0.3, -0.25) is 0 Å². The van der Waals surface area contributed by atoms with E-state index in [1.165, 1.54) is 89.0 Å². The van der Waals surface area contributed by atoms with Crippen LogP contribution >= 0.6 is 0 Å². The van der Waals surface area contributed by atoms with Gasteiger partial charge in [0.1, 0.15) is 0 Å². The Morgan fingerprint density at radius 3 is 1.71 bits per heavy atom. The van der Waals surface area contributed by atoms with Gasteiger partial charge in [-0.05, 0) is 85.9 Å². The van der Waals surface area contributed by atoms with Crippen LogP contribution in [0.1, 0.15) is 132 Å². The normalized spacial score (nSPS) is 17.4. The predicted molar refractivity (Wildman–Crippen MR) is 148 cm³/mol. The lowest BCUT2D eigenvalue weighted by Crippen LogP contribution is -2.13. The number of benzene rings is 2. The minimum absolute atomic E-state index is 0.745. The van der Waals surface area contributed by atoms with E-state index in [4.69, 9.17) is 0 Å². The SMILES string of the molecule is CCCCCCC#Cc1ccc(C#Cc2ccc(C3CCC(CCCCCC)CC3)cc2)cc1. The van der Waals surface area contributed by atoms with Crippen LogP contribution in [0, 0.1) is 29.6 Å². The molecule has 0 heteroatoms. The first-order valence-corrected chi connectivity index (χ1v) is 14.0. The molecule has 1 saturated carbocycles. The molecular weight excluding hydrogens is 408 g/mol. The van der Waals surface area contributed by atoms with Gasteiger partial charge in [0.25, 0.3) is 0 Å². The van der Waals surface area contributed by atoms with Crippen molar-refractivity contribution in [2.45, 2.75) is 110 Å². The van der Waals surface area contributed by atoms with E-state index in [1.807, 2.05) is 0 Å². The van der Waals surface area contributed by atoms with Gasteiger partial charge in [-0.15, -0.1) is 0 Å². The molecule has 0 aromatic heterocycles. The molecule has 0 aliphatic heterocycles. The van der Waals surface area contributed by atoms with Crippen molar-refractivity contribution < 1.29 is 0 Å². The molecule has 0 bridgehead atoms. The van der Waals surface area contributed by atoms with Crippen LogP contribution in [0.2, 0.25) is 0 Å². The first kappa shape index (κ1) is 26.2. The highest BCUT2D eigenvalue weighted by molar-refractivity contribution is 5.46. The molecule has 34 heavy (non-hydrogen) atoms. The number of unbranched alkanes of at least 4 members (excludes halogenated alkanes) is 7. The van der Waals surface area contributed by atoms with Gasteiger partial charge in [0.05, 0.1) is 0 Å². The largest absolute Gasteiger partial charge is 0.0979 e. The molecule has 1 aliphatic rings. The van der Waals surface area contributed by atoms with Gasteiger partial charge in [0, 0.05) is 23.1 Å². The number of hydrogen-bond acceptors (Lipinski definition) is 0. The minimum Gasteiger partial charge on any atom is -0.0979 e. The van der Waals surface area contributed by atoms with Gasteiger partial charge >= 0.3 is 0 Å². The van der Waals surface area contributed by atoms with Gasteiger partial charge in [0.2, 0.25) is 0 Å². The zero-order valence-corrected chi connectivity index (χ0v) is 21.7. The second-order valence-corrected chi connectivity index (χ2v) is 10.1. The summed E-state index contributed by atoms with van der Waals surface area (Å²) >= 11 is 0. The zero-order valence-electron chi connectivity index (χ0n) is 21.7. The molecule has 0 amide bonds. The third kappa shape index (κ3) is 9.43. The summed E-state index contributed by atoms with van der Waals surface area (Å²) in [6, 6.07) is 17.4. The summed E-state index contributed by atoms with van der Waals surface area (Å²) in [6.45, 7) is 4.54. The molecule has 1 fully saturated rings. The monoisotopic (exact) mass is 452 g/mol. The maximum absolute atomic E-state index is 3.34. The van der Waals surface area contributed by atoms with Gasteiger partial charge in [0.15, 0.2) is 0 Å². The number of rotatable bonds is 10. The molecule has 0 N–H and O–H groups in total. The maximum atomic E-state index is 3.34. The Morgan fingerprint density at radius 2 is 1.12 bits per heavy atom. The van der Waals surface area contributed by atoms with E-state index in [2.05, 4.69) is 86.1 Å². The molecule has 0 nitrogen and oxygen atoms in total. The van der Waals surface area contributed by atoms with Crippen LogP contribution in [-0.2, 0) is 0 Å². The summed E-state index contributed by atoms with van der Waals surface area (Å²) in [6.07, 6.45) is 18.7. The van der Waals surface area contributed by atoms with Crippen LogP contribution in [0.4, 0.5) is 0 Å². The van der Waals surface area contributed by atoms with Crippen LogP contribution in [-0.4, -0.2) is 0 Å². The van der Waals surface area contributed by atoms with Gasteiger partial charge in [-0.2, -0.15) is 0 Å². The fourth-order valence-electron chi connectivity index (χ4n) is 5.07. The van der Waals surface area contributed by atoms with E-state index >= 15 is 0 Å². The van der Waals surface area contributed by atoms with Crippen molar-refractivity contribution in [1.82, 2.24) is 0 Å². The number of hydrogen-bond donors (Lipinski definition) is 0. The summed E-state index contributed by atoms with van der Waals surface area (Å²) in [5, 5.41) is 0. The van der Waals surface area contributed by atoms with Crippen molar-refractivity contribution in [2.75, 3.05) is 0 Å². The highest BCUT2D eigenvalue weighted by Crippen LogP contribution is 2.37. The van der Waals surface area contributed by atoms with E-state index in [0.717, 1.165) is 34.9 Å². The van der Waals surface area contributed by atoms with E-state index in [-0.39, 0.29) is 0 Å². The van der Waals surface area contributed by atoms with Crippen molar-refractivity contribution in [3.8, 4) is 23.7 Å². The molecule has 0 unspecified atom stereocenters. The molecule has 0 radical (unpaired) electrons. The Morgan fingerprint density at radius 1 is 0.588 bits per heavy atom. The predicted octanol–water partition coefficient (Wildman–Crippen LogP) is 9.65. The molecule has 3 rings (SSSR count). The highest BCUT2D eigenvalue weighted by atomic mass is 14.3. The summed E-state index contributed by atoms with van der Waals surface area (Å²) in [5.74, 6) is 14.9. The minimum atomic E-state index is 0.745. The molecule has 1 aliphatic carbocycles. The standard InChI is InChI=1S/C34H44/c1-3-5-7-9-10-12-14-29-15-17-31(18-16-29)19-20-32-23-27-34(28-24-32)33-25-21-30(22-26-33)13-11-8-6-4-2/h15-18,23-24,27-28,30,33H,3-11,13,21-22,25-26H2,1-2H3. The van der Waals surface area contributed by atoms with E-state index < -0.39 is 0 Å². The van der Waals surface area contributed by atoms with Crippen molar-refractivity contribution in [1.29, 1.82) is 0 Å². The zero-order chi connectivity index (χ0) is 23.8. The quantitative estimate of drug-likeness (QED) is 0.248.